The van der Waals surface area contributed by atoms with E-state index in [0.717, 1.165) is 12.8 Å². The Balaban J connectivity index is 3.79. The lowest BCUT2D eigenvalue weighted by Gasteiger charge is -2.17. The van der Waals surface area contributed by atoms with Crippen molar-refractivity contribution in [1.29, 1.82) is 0 Å². The van der Waals surface area contributed by atoms with E-state index in [2.05, 4.69) is 10.2 Å². The fraction of sp³-hybridized carbons (Fsp3) is 1.00. The van der Waals surface area contributed by atoms with E-state index in [-0.39, 0.29) is 0 Å². The molecule has 0 heterocycles. The second-order valence-corrected chi connectivity index (χ2v) is 4.65. The molecule has 0 saturated heterocycles. The van der Waals surface area contributed by atoms with Gasteiger partial charge in [0.05, 0.1) is 0 Å². The van der Waals surface area contributed by atoms with Gasteiger partial charge in [-0.1, -0.05) is 13.8 Å². The average Bonchev–Trinajstić information content (AvgIpc) is 2.11. The number of rotatable bonds is 7. The van der Waals surface area contributed by atoms with Crippen LogP contribution in [0.15, 0.2) is 0 Å². The van der Waals surface area contributed by atoms with Crippen molar-refractivity contribution in [3.05, 3.63) is 0 Å². The van der Waals surface area contributed by atoms with Gasteiger partial charge in [-0.05, 0) is 12.8 Å². The van der Waals surface area contributed by atoms with Crippen molar-refractivity contribution in [3.63, 3.8) is 0 Å². The van der Waals surface area contributed by atoms with E-state index in [1.165, 1.54) is 7.11 Å². The first-order valence-electron chi connectivity index (χ1n) is 4.34. The minimum absolute atomic E-state index is 0.710. The number of nitrogens with one attached hydrogen (secondary N) is 2. The fourth-order valence-corrected chi connectivity index (χ4v) is 2.11. The first kappa shape index (κ1) is 12.1. The van der Waals surface area contributed by atoms with E-state index in [9.17, 15) is 4.57 Å². The van der Waals surface area contributed by atoms with Crippen LogP contribution in [0.2, 0.25) is 0 Å². The molecule has 0 bridgehead atoms. The van der Waals surface area contributed by atoms with Gasteiger partial charge >= 0.3 is 7.67 Å². The molecule has 0 radical (unpaired) electrons. The molecule has 0 aromatic carbocycles. The van der Waals surface area contributed by atoms with Crippen LogP contribution in [0.25, 0.3) is 0 Å². The molecule has 0 fully saturated rings. The van der Waals surface area contributed by atoms with E-state index in [1.807, 2.05) is 13.8 Å². The molecule has 0 aliphatic carbocycles. The highest BCUT2D eigenvalue weighted by Gasteiger charge is 2.17. The maximum absolute atomic E-state index is 11.7. The third kappa shape index (κ3) is 4.88. The normalized spacial score (nSPS) is 11.9. The molecule has 0 saturated carbocycles. The third-order valence-corrected chi connectivity index (χ3v) is 3.19. The van der Waals surface area contributed by atoms with Gasteiger partial charge in [-0.15, -0.1) is 0 Å². The quantitative estimate of drug-likeness (QED) is 0.606. The van der Waals surface area contributed by atoms with Gasteiger partial charge in [0.15, 0.2) is 0 Å². The molecular weight excluding hydrogens is 175 g/mol. The van der Waals surface area contributed by atoms with E-state index in [0.29, 0.717) is 13.1 Å². The van der Waals surface area contributed by atoms with Crippen LogP contribution in [0, 0.1) is 0 Å². The topological polar surface area (TPSA) is 50.4 Å². The van der Waals surface area contributed by atoms with Gasteiger partial charge in [0.2, 0.25) is 0 Å². The summed E-state index contributed by atoms with van der Waals surface area (Å²) >= 11 is 0. The standard InChI is InChI=1S/C7H19N2O2P/c1-4-6-8-12(10,11-3)9-7-5-2/h4-7H2,1-3H3,(H2,8,9,10). The van der Waals surface area contributed by atoms with Crippen LogP contribution < -0.4 is 10.2 Å². The zero-order valence-electron chi connectivity index (χ0n) is 8.09. The molecule has 0 unspecified atom stereocenters. The van der Waals surface area contributed by atoms with Gasteiger partial charge < -0.3 is 4.52 Å². The molecule has 0 atom stereocenters. The van der Waals surface area contributed by atoms with Crippen molar-refractivity contribution in [1.82, 2.24) is 10.2 Å². The van der Waals surface area contributed by atoms with Crippen LogP contribution in [0.4, 0.5) is 0 Å². The smallest absolute Gasteiger partial charge is 0.310 e. The van der Waals surface area contributed by atoms with Crippen molar-refractivity contribution >= 4 is 7.67 Å². The zero-order valence-corrected chi connectivity index (χ0v) is 8.99. The van der Waals surface area contributed by atoms with Crippen LogP contribution in [-0.4, -0.2) is 20.2 Å². The van der Waals surface area contributed by atoms with Gasteiger partial charge in [-0.2, -0.15) is 0 Å². The molecule has 12 heavy (non-hydrogen) atoms. The first-order chi connectivity index (χ1) is 5.68. The summed E-state index contributed by atoms with van der Waals surface area (Å²) in [6.45, 7) is 5.46. The Morgan fingerprint density at radius 2 is 1.58 bits per heavy atom. The molecule has 74 valence electrons. The molecular formula is C7H19N2O2P. The Bertz CT molecular complexity index is 140. The Morgan fingerprint density at radius 3 is 1.83 bits per heavy atom. The monoisotopic (exact) mass is 194 g/mol. The maximum Gasteiger partial charge on any atom is 0.340 e. The SMILES string of the molecule is CCCNP(=O)(NCCC)OC. The van der Waals surface area contributed by atoms with Crippen LogP contribution in [-0.2, 0) is 9.09 Å². The predicted molar refractivity (Wildman–Crippen MR) is 51.2 cm³/mol. The Labute approximate surface area is 74.6 Å². The number of hydrogen-bond donors (Lipinski definition) is 2. The predicted octanol–water partition coefficient (Wildman–Crippen LogP) is 1.74. The average molecular weight is 194 g/mol. The number of hydrogen-bond acceptors (Lipinski definition) is 2. The van der Waals surface area contributed by atoms with Gasteiger partial charge in [0.25, 0.3) is 0 Å². The van der Waals surface area contributed by atoms with Crippen LogP contribution >= 0.6 is 7.67 Å². The lowest BCUT2D eigenvalue weighted by Crippen LogP contribution is -2.24. The van der Waals surface area contributed by atoms with Gasteiger partial charge in [-0.3, -0.25) is 4.57 Å². The molecule has 0 aromatic heterocycles. The van der Waals surface area contributed by atoms with E-state index >= 15 is 0 Å². The molecule has 0 amide bonds. The van der Waals surface area contributed by atoms with Gasteiger partial charge in [0.1, 0.15) is 0 Å². The molecule has 5 heteroatoms. The summed E-state index contributed by atoms with van der Waals surface area (Å²) in [5.74, 6) is 0. The second-order valence-electron chi connectivity index (χ2n) is 2.55. The summed E-state index contributed by atoms with van der Waals surface area (Å²) in [7, 11) is -1.28. The molecule has 2 N–H and O–H groups in total. The minimum atomic E-state index is -2.73. The third-order valence-electron chi connectivity index (χ3n) is 1.40. The van der Waals surface area contributed by atoms with Crippen molar-refractivity contribution < 1.29 is 9.09 Å². The highest BCUT2D eigenvalue weighted by atomic mass is 31.2. The molecule has 0 rings (SSSR count). The summed E-state index contributed by atoms with van der Waals surface area (Å²) in [4.78, 5) is 0. The maximum atomic E-state index is 11.7. The lowest BCUT2D eigenvalue weighted by atomic mass is 10.5. The largest absolute Gasteiger partial charge is 0.340 e. The Morgan fingerprint density at radius 1 is 1.17 bits per heavy atom. The zero-order chi connectivity index (χ0) is 9.45. The lowest BCUT2D eigenvalue weighted by molar-refractivity contribution is 0.370. The molecule has 0 aliphatic rings. The van der Waals surface area contributed by atoms with E-state index < -0.39 is 7.67 Å². The Kier molecular flexibility index (Phi) is 6.67. The minimum Gasteiger partial charge on any atom is -0.310 e. The highest BCUT2D eigenvalue weighted by molar-refractivity contribution is 7.54. The van der Waals surface area contributed by atoms with E-state index in [4.69, 9.17) is 4.52 Å². The summed E-state index contributed by atoms with van der Waals surface area (Å²) < 4.78 is 16.5. The van der Waals surface area contributed by atoms with Crippen LogP contribution in [0.1, 0.15) is 26.7 Å². The summed E-state index contributed by atoms with van der Waals surface area (Å²) in [6, 6.07) is 0. The van der Waals surface area contributed by atoms with Crippen molar-refractivity contribution in [2.45, 2.75) is 26.7 Å². The Hall–Kier alpha value is 0.110. The van der Waals surface area contributed by atoms with Crippen molar-refractivity contribution in [3.8, 4) is 0 Å². The second kappa shape index (κ2) is 6.61. The van der Waals surface area contributed by atoms with E-state index in [1.54, 1.807) is 0 Å². The van der Waals surface area contributed by atoms with Crippen molar-refractivity contribution in [2.75, 3.05) is 20.2 Å². The molecule has 0 spiro atoms. The summed E-state index contributed by atoms with van der Waals surface area (Å²) in [5.41, 5.74) is 0. The summed E-state index contributed by atoms with van der Waals surface area (Å²) in [5, 5.41) is 5.70. The van der Waals surface area contributed by atoms with Gasteiger partial charge in [0, 0.05) is 20.2 Å². The molecule has 0 aromatic rings. The molecule has 4 nitrogen and oxygen atoms in total. The summed E-state index contributed by atoms with van der Waals surface area (Å²) in [6.07, 6.45) is 1.89. The van der Waals surface area contributed by atoms with Crippen molar-refractivity contribution in [2.24, 2.45) is 0 Å². The molecule has 0 aliphatic heterocycles. The van der Waals surface area contributed by atoms with Crippen LogP contribution in [0.3, 0.4) is 0 Å². The fourth-order valence-electron chi connectivity index (χ4n) is 0.703. The van der Waals surface area contributed by atoms with Gasteiger partial charge in [-0.25, -0.2) is 10.2 Å². The van der Waals surface area contributed by atoms with Crippen LogP contribution in [0.5, 0.6) is 0 Å². The first-order valence-corrected chi connectivity index (χ1v) is 5.97. The highest BCUT2D eigenvalue weighted by Crippen LogP contribution is 2.35.